The lowest BCUT2D eigenvalue weighted by Crippen LogP contribution is -2.16. The van der Waals surface area contributed by atoms with Crippen molar-refractivity contribution in [2.75, 3.05) is 11.8 Å². The minimum absolute atomic E-state index is 0.0714. The van der Waals surface area contributed by atoms with Crippen LogP contribution in [0.5, 0.6) is 0 Å². The molecule has 0 aliphatic carbocycles. The number of rotatable bonds is 5. The largest absolute Gasteiger partial charge is 0.478 e. The van der Waals surface area contributed by atoms with E-state index in [1.54, 1.807) is 19.1 Å². The fourth-order valence-electron chi connectivity index (χ4n) is 1.89. The van der Waals surface area contributed by atoms with Crippen LogP contribution in [0, 0.1) is 6.92 Å². The van der Waals surface area contributed by atoms with Gasteiger partial charge >= 0.3 is 11.9 Å². The SMILES string of the molecule is COC(=O)c1c(C)cccc1NS(=O)(=O)c1cc(C(=O)O)cs1. The molecule has 0 unspecified atom stereocenters. The van der Waals surface area contributed by atoms with Crippen molar-refractivity contribution in [1.82, 2.24) is 0 Å². The second-order valence-electron chi connectivity index (χ2n) is 4.55. The molecule has 23 heavy (non-hydrogen) atoms. The fraction of sp³-hybridized carbons (Fsp3) is 0.143. The number of carboxylic acids is 1. The number of methoxy groups -OCH3 is 1. The third-order valence-electron chi connectivity index (χ3n) is 2.99. The Kier molecular flexibility index (Phi) is 4.71. The zero-order valence-electron chi connectivity index (χ0n) is 12.2. The van der Waals surface area contributed by atoms with Crippen LogP contribution in [0.15, 0.2) is 33.9 Å². The maximum absolute atomic E-state index is 12.4. The van der Waals surface area contributed by atoms with Crippen LogP contribution in [0.1, 0.15) is 26.3 Å². The molecule has 7 nitrogen and oxygen atoms in total. The maximum atomic E-state index is 12.4. The summed E-state index contributed by atoms with van der Waals surface area (Å²) in [6.07, 6.45) is 0. The van der Waals surface area contributed by atoms with Gasteiger partial charge in [-0.25, -0.2) is 18.0 Å². The number of thiophene rings is 1. The van der Waals surface area contributed by atoms with Gasteiger partial charge in [-0.15, -0.1) is 11.3 Å². The van der Waals surface area contributed by atoms with Gasteiger partial charge in [0.2, 0.25) is 0 Å². The molecule has 2 rings (SSSR count). The van der Waals surface area contributed by atoms with Gasteiger partial charge in [0.05, 0.1) is 23.9 Å². The molecule has 2 N–H and O–H groups in total. The van der Waals surface area contributed by atoms with E-state index in [1.807, 2.05) is 0 Å². The van der Waals surface area contributed by atoms with Gasteiger partial charge in [0, 0.05) is 5.38 Å². The van der Waals surface area contributed by atoms with Gasteiger partial charge in [0.25, 0.3) is 10.0 Å². The predicted molar refractivity (Wildman–Crippen MR) is 84.6 cm³/mol. The Bertz CT molecular complexity index is 869. The van der Waals surface area contributed by atoms with Gasteiger partial charge in [-0.05, 0) is 24.6 Å². The lowest BCUT2D eigenvalue weighted by molar-refractivity contribution is 0.0600. The number of aromatic carboxylic acids is 1. The van der Waals surface area contributed by atoms with E-state index in [0.717, 1.165) is 17.4 Å². The number of hydrogen-bond donors (Lipinski definition) is 2. The summed E-state index contributed by atoms with van der Waals surface area (Å²) in [6.45, 7) is 1.65. The van der Waals surface area contributed by atoms with Gasteiger partial charge in [0.1, 0.15) is 4.21 Å². The van der Waals surface area contributed by atoms with Crippen molar-refractivity contribution in [2.45, 2.75) is 11.1 Å². The average Bonchev–Trinajstić information content (AvgIpc) is 2.97. The molecule has 0 fully saturated rings. The van der Waals surface area contributed by atoms with E-state index in [1.165, 1.54) is 18.6 Å². The topological polar surface area (TPSA) is 110 Å². The summed E-state index contributed by atoms with van der Waals surface area (Å²) >= 11 is 0.781. The van der Waals surface area contributed by atoms with E-state index >= 15 is 0 Å². The second kappa shape index (κ2) is 6.39. The number of aryl methyl sites for hydroxylation is 1. The molecular weight excluding hydrogens is 342 g/mol. The number of hydrogen-bond acceptors (Lipinski definition) is 6. The summed E-state index contributed by atoms with van der Waals surface area (Å²) in [4.78, 5) is 22.7. The van der Waals surface area contributed by atoms with Crippen molar-refractivity contribution in [1.29, 1.82) is 0 Å². The summed E-state index contributed by atoms with van der Waals surface area (Å²) in [6, 6.07) is 5.74. The van der Waals surface area contributed by atoms with Crippen LogP contribution >= 0.6 is 11.3 Å². The van der Waals surface area contributed by atoms with E-state index in [9.17, 15) is 18.0 Å². The molecule has 1 aromatic carbocycles. The second-order valence-corrected chi connectivity index (χ2v) is 7.37. The molecule has 0 saturated carbocycles. The number of anilines is 1. The normalized spacial score (nSPS) is 11.0. The van der Waals surface area contributed by atoms with E-state index in [4.69, 9.17) is 5.11 Å². The fourth-order valence-corrected chi connectivity index (χ4v) is 4.12. The lowest BCUT2D eigenvalue weighted by Gasteiger charge is -2.12. The van der Waals surface area contributed by atoms with Gasteiger partial charge < -0.3 is 9.84 Å². The van der Waals surface area contributed by atoms with Crippen LogP contribution in [0.3, 0.4) is 0 Å². The summed E-state index contributed by atoms with van der Waals surface area (Å²) in [7, 11) is -2.81. The molecule has 2 aromatic rings. The van der Waals surface area contributed by atoms with E-state index in [0.29, 0.717) is 5.56 Å². The van der Waals surface area contributed by atoms with Crippen molar-refractivity contribution in [3.05, 3.63) is 46.3 Å². The molecule has 0 atom stereocenters. The molecule has 9 heteroatoms. The Hall–Kier alpha value is -2.39. The van der Waals surface area contributed by atoms with E-state index in [-0.39, 0.29) is 21.0 Å². The summed E-state index contributed by atoms with van der Waals surface area (Å²) in [5.74, 6) is -1.88. The first kappa shape index (κ1) is 17.0. The van der Waals surface area contributed by atoms with Gasteiger partial charge in [0.15, 0.2) is 0 Å². The van der Waals surface area contributed by atoms with Crippen molar-refractivity contribution < 1.29 is 27.9 Å². The number of nitrogens with one attached hydrogen (secondary N) is 1. The van der Waals surface area contributed by atoms with Crippen LogP contribution in [0.2, 0.25) is 0 Å². The molecule has 122 valence electrons. The smallest absolute Gasteiger partial charge is 0.340 e. The number of sulfonamides is 1. The molecule has 1 aromatic heterocycles. The van der Waals surface area contributed by atoms with Crippen LogP contribution in [-0.2, 0) is 14.8 Å². The molecule has 0 aliphatic heterocycles. The third kappa shape index (κ3) is 3.51. The molecular formula is C14H13NO6S2. The Labute approximate surface area is 136 Å². The Morgan fingerprint density at radius 1 is 1.30 bits per heavy atom. The van der Waals surface area contributed by atoms with E-state index in [2.05, 4.69) is 9.46 Å². The minimum atomic E-state index is -4.01. The highest BCUT2D eigenvalue weighted by Crippen LogP contribution is 2.26. The van der Waals surface area contributed by atoms with Crippen molar-refractivity contribution >= 4 is 39.0 Å². The van der Waals surface area contributed by atoms with Gasteiger partial charge in [-0.3, -0.25) is 4.72 Å². The van der Waals surface area contributed by atoms with Crippen molar-refractivity contribution in [2.24, 2.45) is 0 Å². The number of ether oxygens (including phenoxy) is 1. The summed E-state index contributed by atoms with van der Waals surface area (Å²) in [5.41, 5.74) is 0.609. The highest BCUT2D eigenvalue weighted by atomic mass is 32.2. The molecule has 0 aliphatic rings. The highest BCUT2D eigenvalue weighted by molar-refractivity contribution is 7.94. The van der Waals surface area contributed by atoms with Crippen LogP contribution in [-0.4, -0.2) is 32.6 Å². The minimum Gasteiger partial charge on any atom is -0.478 e. The molecule has 0 radical (unpaired) electrons. The summed E-state index contributed by atoms with van der Waals surface area (Å²) < 4.78 is 31.5. The highest BCUT2D eigenvalue weighted by Gasteiger charge is 2.23. The van der Waals surface area contributed by atoms with Crippen LogP contribution in [0.25, 0.3) is 0 Å². The first-order chi connectivity index (χ1) is 10.8. The third-order valence-corrected chi connectivity index (χ3v) is 5.80. The van der Waals surface area contributed by atoms with Crippen LogP contribution in [0.4, 0.5) is 5.69 Å². The lowest BCUT2D eigenvalue weighted by atomic mass is 10.1. The Morgan fingerprint density at radius 2 is 2.00 bits per heavy atom. The standard InChI is InChI=1S/C14H13NO6S2/c1-8-4-3-5-10(12(8)14(18)21-2)15-23(19,20)11-6-9(7-22-11)13(16)17/h3-7,15H,1-2H3,(H,16,17). The first-order valence-electron chi connectivity index (χ1n) is 6.29. The van der Waals surface area contributed by atoms with Gasteiger partial charge in [-0.2, -0.15) is 0 Å². The number of carboxylic acid groups (broad SMARTS) is 1. The number of carbonyl (C=O) groups is 2. The number of esters is 1. The molecule has 0 bridgehead atoms. The molecule has 0 amide bonds. The zero-order chi connectivity index (χ0) is 17.2. The predicted octanol–water partition coefficient (Wildman–Crippen LogP) is 2.34. The maximum Gasteiger partial charge on any atom is 0.340 e. The molecule has 1 heterocycles. The molecule has 0 spiro atoms. The number of benzene rings is 1. The monoisotopic (exact) mass is 355 g/mol. The Morgan fingerprint density at radius 3 is 2.57 bits per heavy atom. The van der Waals surface area contributed by atoms with Crippen molar-refractivity contribution in [3.63, 3.8) is 0 Å². The van der Waals surface area contributed by atoms with Gasteiger partial charge in [-0.1, -0.05) is 12.1 Å². The average molecular weight is 355 g/mol. The Balaban J connectivity index is 2.43. The first-order valence-corrected chi connectivity index (χ1v) is 8.65. The van der Waals surface area contributed by atoms with E-state index < -0.39 is 22.0 Å². The zero-order valence-corrected chi connectivity index (χ0v) is 13.8. The molecule has 0 saturated heterocycles. The van der Waals surface area contributed by atoms with Crippen LogP contribution < -0.4 is 4.72 Å². The quantitative estimate of drug-likeness (QED) is 0.797. The number of carbonyl (C=O) groups excluding carboxylic acids is 1. The summed E-state index contributed by atoms with van der Waals surface area (Å²) in [5, 5.41) is 10.1. The van der Waals surface area contributed by atoms with Crippen molar-refractivity contribution in [3.8, 4) is 0 Å².